The third-order valence-electron chi connectivity index (χ3n) is 3.10. The number of nitrogens with one attached hydrogen (secondary N) is 1. The van der Waals surface area contributed by atoms with Crippen LogP contribution in [0.15, 0.2) is 10.5 Å². The summed E-state index contributed by atoms with van der Waals surface area (Å²) in [7, 11) is 0. The lowest BCUT2D eigenvalue weighted by Crippen LogP contribution is -2.32. The highest BCUT2D eigenvalue weighted by Crippen LogP contribution is 2.32. The Bertz CT molecular complexity index is 448. The topological polar surface area (TPSA) is 51.2 Å². The summed E-state index contributed by atoms with van der Waals surface area (Å²) in [5.74, 6) is 0.474. The zero-order chi connectivity index (χ0) is 14.6. The van der Waals surface area contributed by atoms with Crippen LogP contribution in [0.5, 0.6) is 0 Å². The minimum atomic E-state index is 0.0537. The summed E-state index contributed by atoms with van der Waals surface area (Å²) >= 11 is 3.17. The Balaban J connectivity index is 1.71. The van der Waals surface area contributed by atoms with E-state index in [0.717, 1.165) is 23.8 Å². The molecule has 0 aromatic carbocycles. The number of carbonyl (C=O) groups excluding carboxylic acids is 1. The largest absolute Gasteiger partial charge is 0.376 e. The highest BCUT2D eigenvalue weighted by Gasteiger charge is 2.18. The van der Waals surface area contributed by atoms with Crippen LogP contribution in [0.3, 0.4) is 0 Å². The summed E-state index contributed by atoms with van der Waals surface area (Å²) in [6.45, 7) is 7.96. The normalized spacial score (nSPS) is 19.2. The quantitative estimate of drug-likeness (QED) is 0.849. The molecule has 0 radical (unpaired) electrons. The number of aromatic nitrogens is 1. The Kier molecular flexibility index (Phi) is 5.46. The monoisotopic (exact) mass is 314 g/mol. The fourth-order valence-corrected chi connectivity index (χ4v) is 3.75. The summed E-state index contributed by atoms with van der Waals surface area (Å²) in [5, 5.41) is 2.92. The predicted molar refractivity (Wildman–Crippen MR) is 83.5 cm³/mol. The maximum atomic E-state index is 11.8. The summed E-state index contributed by atoms with van der Waals surface area (Å²) in [6, 6.07) is 0. The molecule has 6 heteroatoms. The highest BCUT2D eigenvalue weighted by atomic mass is 32.2. The van der Waals surface area contributed by atoms with Crippen molar-refractivity contribution in [2.45, 2.75) is 49.5 Å². The molecule has 1 aliphatic rings. The fraction of sp³-hybridized carbons (Fsp3) is 0.714. The van der Waals surface area contributed by atoms with Gasteiger partial charge in [-0.05, 0) is 18.3 Å². The average molecular weight is 314 g/mol. The number of carbonyl (C=O) groups is 1. The van der Waals surface area contributed by atoms with Gasteiger partial charge in [0.2, 0.25) is 5.91 Å². The number of thioether (sulfide) groups is 1. The Morgan fingerprint density at radius 3 is 3.00 bits per heavy atom. The molecule has 1 aliphatic heterocycles. The van der Waals surface area contributed by atoms with Gasteiger partial charge < -0.3 is 10.1 Å². The van der Waals surface area contributed by atoms with Crippen LogP contribution in [0, 0.1) is 0 Å². The van der Waals surface area contributed by atoms with E-state index in [4.69, 9.17) is 4.74 Å². The Morgan fingerprint density at radius 2 is 2.40 bits per heavy atom. The second kappa shape index (κ2) is 6.91. The number of rotatable bonds is 5. The van der Waals surface area contributed by atoms with E-state index in [9.17, 15) is 4.79 Å². The third kappa shape index (κ3) is 4.75. The number of hydrogen-bond donors (Lipinski definition) is 1. The zero-order valence-electron chi connectivity index (χ0n) is 12.3. The SMILES string of the molecule is CC(C)(C)c1cnc(SCC(=O)NC[C@@H]2CCCO2)s1. The Hall–Kier alpha value is -0.590. The second-order valence-corrected chi connectivity index (χ2v) is 8.22. The molecule has 0 aliphatic carbocycles. The molecule has 1 saturated heterocycles. The van der Waals surface area contributed by atoms with Crippen LogP contribution >= 0.6 is 23.1 Å². The van der Waals surface area contributed by atoms with Crippen molar-refractivity contribution in [1.82, 2.24) is 10.3 Å². The van der Waals surface area contributed by atoms with Crippen LogP contribution in [-0.2, 0) is 14.9 Å². The summed E-state index contributed by atoms with van der Waals surface area (Å²) in [6.07, 6.45) is 4.27. The zero-order valence-corrected chi connectivity index (χ0v) is 13.9. The molecule has 112 valence electrons. The Morgan fingerprint density at radius 1 is 1.60 bits per heavy atom. The molecule has 0 saturated carbocycles. The van der Waals surface area contributed by atoms with Crippen LogP contribution in [-0.4, -0.2) is 35.9 Å². The molecule has 1 fully saturated rings. The molecule has 1 N–H and O–H groups in total. The van der Waals surface area contributed by atoms with E-state index in [-0.39, 0.29) is 17.4 Å². The van der Waals surface area contributed by atoms with Gasteiger partial charge in [0.05, 0.1) is 11.9 Å². The van der Waals surface area contributed by atoms with Gasteiger partial charge in [-0.3, -0.25) is 4.79 Å². The van der Waals surface area contributed by atoms with Gasteiger partial charge in [-0.2, -0.15) is 0 Å². The lowest BCUT2D eigenvalue weighted by Gasteiger charge is -2.14. The van der Waals surface area contributed by atoms with Gasteiger partial charge in [0, 0.05) is 24.2 Å². The van der Waals surface area contributed by atoms with E-state index < -0.39 is 0 Å². The molecule has 4 nitrogen and oxygen atoms in total. The molecule has 1 aromatic rings. The fourth-order valence-electron chi connectivity index (χ4n) is 1.88. The maximum Gasteiger partial charge on any atom is 0.230 e. The molecule has 2 heterocycles. The minimum absolute atomic E-state index is 0.0537. The van der Waals surface area contributed by atoms with Crippen molar-refractivity contribution in [3.63, 3.8) is 0 Å². The van der Waals surface area contributed by atoms with Gasteiger partial charge in [-0.1, -0.05) is 32.5 Å². The first-order chi connectivity index (χ1) is 9.45. The van der Waals surface area contributed by atoms with Gasteiger partial charge in [-0.25, -0.2) is 4.98 Å². The smallest absolute Gasteiger partial charge is 0.230 e. The van der Waals surface area contributed by atoms with Gasteiger partial charge in [0.15, 0.2) is 4.34 Å². The van der Waals surface area contributed by atoms with E-state index in [2.05, 4.69) is 31.1 Å². The number of nitrogens with zero attached hydrogens (tertiary/aromatic N) is 1. The standard InChI is InChI=1S/C14H22N2O2S2/c1-14(2,3)11-8-16-13(20-11)19-9-12(17)15-7-10-5-4-6-18-10/h8,10H,4-7,9H2,1-3H3,(H,15,17)/t10-/m0/s1. The molecule has 20 heavy (non-hydrogen) atoms. The summed E-state index contributed by atoms with van der Waals surface area (Å²) in [4.78, 5) is 17.4. The number of amides is 1. The number of hydrogen-bond acceptors (Lipinski definition) is 5. The molecule has 0 unspecified atom stereocenters. The molecular formula is C14H22N2O2S2. The van der Waals surface area contributed by atoms with Crippen LogP contribution in [0.4, 0.5) is 0 Å². The Labute approximate surface area is 128 Å². The van der Waals surface area contributed by atoms with Crippen LogP contribution in [0.2, 0.25) is 0 Å². The predicted octanol–water partition coefficient (Wildman–Crippen LogP) is 2.83. The van der Waals surface area contributed by atoms with Crippen molar-refractivity contribution in [3.05, 3.63) is 11.1 Å². The van der Waals surface area contributed by atoms with Crippen LogP contribution < -0.4 is 5.32 Å². The maximum absolute atomic E-state index is 11.8. The van der Waals surface area contributed by atoms with Gasteiger partial charge >= 0.3 is 0 Å². The highest BCUT2D eigenvalue weighted by molar-refractivity contribution is 8.01. The van der Waals surface area contributed by atoms with Crippen molar-refractivity contribution < 1.29 is 9.53 Å². The first-order valence-electron chi connectivity index (χ1n) is 6.92. The van der Waals surface area contributed by atoms with Crippen molar-refractivity contribution in [3.8, 4) is 0 Å². The van der Waals surface area contributed by atoms with Crippen molar-refractivity contribution in [1.29, 1.82) is 0 Å². The summed E-state index contributed by atoms with van der Waals surface area (Å²) in [5.41, 5.74) is 0.124. The average Bonchev–Trinajstić information content (AvgIpc) is 3.04. The van der Waals surface area contributed by atoms with Crippen molar-refractivity contribution >= 4 is 29.0 Å². The van der Waals surface area contributed by atoms with Crippen LogP contribution in [0.25, 0.3) is 0 Å². The lowest BCUT2D eigenvalue weighted by molar-refractivity contribution is -0.119. The lowest BCUT2D eigenvalue weighted by atomic mass is 9.96. The first-order valence-corrected chi connectivity index (χ1v) is 8.73. The van der Waals surface area contributed by atoms with Gasteiger partial charge in [0.1, 0.15) is 0 Å². The first kappa shape index (κ1) is 15.8. The number of thiazole rings is 1. The van der Waals surface area contributed by atoms with E-state index >= 15 is 0 Å². The molecular weight excluding hydrogens is 292 g/mol. The second-order valence-electron chi connectivity index (χ2n) is 5.97. The van der Waals surface area contributed by atoms with Gasteiger partial charge in [0.25, 0.3) is 0 Å². The van der Waals surface area contributed by atoms with Gasteiger partial charge in [-0.15, -0.1) is 11.3 Å². The van der Waals surface area contributed by atoms with Crippen molar-refractivity contribution in [2.75, 3.05) is 18.9 Å². The molecule has 1 atom stereocenters. The van der Waals surface area contributed by atoms with E-state index in [0.29, 0.717) is 12.3 Å². The molecule has 1 amide bonds. The van der Waals surface area contributed by atoms with E-state index in [1.54, 1.807) is 11.3 Å². The molecule has 0 spiro atoms. The van der Waals surface area contributed by atoms with E-state index in [1.165, 1.54) is 16.6 Å². The number of ether oxygens (including phenoxy) is 1. The minimum Gasteiger partial charge on any atom is -0.376 e. The summed E-state index contributed by atoms with van der Waals surface area (Å²) < 4.78 is 6.44. The molecule has 0 bridgehead atoms. The molecule has 2 rings (SSSR count). The third-order valence-corrected chi connectivity index (χ3v) is 5.68. The van der Waals surface area contributed by atoms with Crippen molar-refractivity contribution in [2.24, 2.45) is 0 Å². The molecule has 1 aromatic heterocycles. The van der Waals surface area contributed by atoms with Crippen LogP contribution in [0.1, 0.15) is 38.5 Å². The van der Waals surface area contributed by atoms with E-state index in [1.807, 2.05) is 6.20 Å².